The third-order valence-corrected chi connectivity index (χ3v) is 3.38. The number of rotatable bonds is 7. The van der Waals surface area contributed by atoms with Crippen LogP contribution in [-0.4, -0.2) is 24.8 Å². The average molecular weight is 313 g/mol. The van der Waals surface area contributed by atoms with Crippen LogP contribution in [0.3, 0.4) is 0 Å². The van der Waals surface area contributed by atoms with Gasteiger partial charge in [-0.2, -0.15) is 0 Å². The zero-order chi connectivity index (χ0) is 16.8. The second kappa shape index (κ2) is 12.4. The number of carbonyl (C=O) groups excluding carboxylic acids is 1. The SMILES string of the molecule is C=C\C=C/N=C(/C=C/C/C=C\C=C/C)NC(=O)C1CCNCC1. The Bertz CT molecular complexity index is 507. The highest BCUT2D eigenvalue weighted by atomic mass is 16.1. The molecule has 0 saturated carbocycles. The van der Waals surface area contributed by atoms with Gasteiger partial charge in [0, 0.05) is 12.1 Å². The summed E-state index contributed by atoms with van der Waals surface area (Å²) in [6.45, 7) is 7.38. The maximum atomic E-state index is 12.3. The molecule has 2 N–H and O–H groups in total. The molecule has 0 aromatic heterocycles. The predicted octanol–water partition coefficient (Wildman–Crippen LogP) is 3.28. The molecule has 0 bridgehead atoms. The van der Waals surface area contributed by atoms with Crippen LogP contribution in [0.15, 0.2) is 66.4 Å². The molecule has 0 aliphatic carbocycles. The van der Waals surface area contributed by atoms with Crippen LogP contribution in [0, 0.1) is 5.92 Å². The summed E-state index contributed by atoms with van der Waals surface area (Å²) in [4.78, 5) is 16.6. The van der Waals surface area contributed by atoms with Crippen LogP contribution in [0.5, 0.6) is 0 Å². The van der Waals surface area contributed by atoms with Crippen LogP contribution in [0.1, 0.15) is 26.2 Å². The number of aliphatic imine (C=N–C) groups is 1. The summed E-state index contributed by atoms with van der Waals surface area (Å²) in [5.41, 5.74) is 0. The van der Waals surface area contributed by atoms with Gasteiger partial charge in [0.1, 0.15) is 5.84 Å². The third-order valence-electron chi connectivity index (χ3n) is 3.38. The highest BCUT2D eigenvalue weighted by Crippen LogP contribution is 2.11. The fraction of sp³-hybridized carbons (Fsp3) is 0.368. The van der Waals surface area contributed by atoms with Crippen molar-refractivity contribution in [2.75, 3.05) is 13.1 Å². The number of amidine groups is 1. The molecule has 124 valence electrons. The van der Waals surface area contributed by atoms with E-state index in [-0.39, 0.29) is 11.8 Å². The van der Waals surface area contributed by atoms with E-state index in [4.69, 9.17) is 0 Å². The number of hydrogen-bond acceptors (Lipinski definition) is 3. The van der Waals surface area contributed by atoms with Crippen molar-refractivity contribution in [3.8, 4) is 0 Å². The van der Waals surface area contributed by atoms with Crippen LogP contribution >= 0.6 is 0 Å². The summed E-state index contributed by atoms with van der Waals surface area (Å²) in [7, 11) is 0. The predicted molar refractivity (Wildman–Crippen MR) is 98.2 cm³/mol. The Labute approximate surface area is 139 Å². The van der Waals surface area contributed by atoms with E-state index in [1.54, 1.807) is 18.4 Å². The monoisotopic (exact) mass is 313 g/mol. The van der Waals surface area contributed by atoms with Gasteiger partial charge in [-0.15, -0.1) is 0 Å². The van der Waals surface area contributed by atoms with Crippen molar-refractivity contribution in [1.82, 2.24) is 10.6 Å². The molecule has 0 aromatic carbocycles. The minimum absolute atomic E-state index is 0.0476. The molecule has 1 amide bonds. The summed E-state index contributed by atoms with van der Waals surface area (Å²) < 4.78 is 0. The molecule has 1 heterocycles. The fourth-order valence-electron chi connectivity index (χ4n) is 2.14. The number of nitrogens with one attached hydrogen (secondary N) is 2. The van der Waals surface area contributed by atoms with Gasteiger partial charge in [-0.3, -0.25) is 4.79 Å². The maximum Gasteiger partial charge on any atom is 0.228 e. The van der Waals surface area contributed by atoms with Crippen LogP contribution in [-0.2, 0) is 4.79 Å². The first-order valence-electron chi connectivity index (χ1n) is 8.09. The number of nitrogens with zero attached hydrogens (tertiary/aromatic N) is 1. The number of hydrogen-bond donors (Lipinski definition) is 2. The zero-order valence-electron chi connectivity index (χ0n) is 13.9. The van der Waals surface area contributed by atoms with E-state index in [2.05, 4.69) is 22.2 Å². The Morgan fingerprint density at radius 2 is 2.04 bits per heavy atom. The smallest absolute Gasteiger partial charge is 0.228 e. The van der Waals surface area contributed by atoms with Crippen LogP contribution in [0.25, 0.3) is 0 Å². The quantitative estimate of drug-likeness (QED) is 0.430. The molecule has 0 atom stereocenters. The highest BCUT2D eigenvalue weighted by molar-refractivity contribution is 6.05. The van der Waals surface area contributed by atoms with Gasteiger partial charge in [0.15, 0.2) is 0 Å². The molecule has 1 aliphatic heterocycles. The van der Waals surface area contributed by atoms with Crippen LogP contribution in [0.2, 0.25) is 0 Å². The Morgan fingerprint density at radius 3 is 2.74 bits per heavy atom. The van der Waals surface area contributed by atoms with Crippen molar-refractivity contribution < 1.29 is 4.79 Å². The van der Waals surface area contributed by atoms with Gasteiger partial charge in [0.2, 0.25) is 5.91 Å². The second-order valence-corrected chi connectivity index (χ2v) is 5.20. The number of piperidine rings is 1. The molecular weight excluding hydrogens is 286 g/mol. The van der Waals surface area contributed by atoms with Gasteiger partial charge in [-0.1, -0.05) is 43.0 Å². The summed E-state index contributed by atoms with van der Waals surface area (Å²) in [5.74, 6) is 0.672. The van der Waals surface area contributed by atoms with E-state index in [1.165, 1.54) is 0 Å². The van der Waals surface area contributed by atoms with E-state index < -0.39 is 0 Å². The molecule has 1 rings (SSSR count). The minimum Gasteiger partial charge on any atom is -0.317 e. The van der Waals surface area contributed by atoms with E-state index >= 15 is 0 Å². The second-order valence-electron chi connectivity index (χ2n) is 5.20. The minimum atomic E-state index is 0.0476. The topological polar surface area (TPSA) is 53.5 Å². The van der Waals surface area contributed by atoms with Crippen molar-refractivity contribution in [1.29, 1.82) is 0 Å². The number of allylic oxidation sites excluding steroid dienone is 7. The summed E-state index contributed by atoms with van der Waals surface area (Å²) in [5, 5.41) is 6.18. The van der Waals surface area contributed by atoms with Gasteiger partial charge in [-0.25, -0.2) is 4.99 Å². The standard InChI is InChI=1S/C19H27N3O/c1-3-5-7-8-9-10-11-18(21-14-6-4-2)22-19(23)17-12-15-20-16-13-17/h3-8,10-11,14,17,20H,2,9,12-13,15-16H2,1H3,(H,21,22,23)/b5-3-,8-7-,11-10+,14-6-. The molecule has 4 heteroatoms. The van der Waals surface area contributed by atoms with Crippen molar-refractivity contribution in [3.05, 3.63) is 61.4 Å². The first-order valence-corrected chi connectivity index (χ1v) is 8.09. The number of amides is 1. The molecule has 4 nitrogen and oxygen atoms in total. The lowest BCUT2D eigenvalue weighted by Crippen LogP contribution is -2.40. The van der Waals surface area contributed by atoms with Crippen molar-refractivity contribution in [2.24, 2.45) is 10.9 Å². The highest BCUT2D eigenvalue weighted by Gasteiger charge is 2.21. The molecule has 0 aromatic rings. The maximum absolute atomic E-state index is 12.3. The number of carbonyl (C=O) groups is 1. The van der Waals surface area contributed by atoms with E-state index in [0.717, 1.165) is 32.4 Å². The third kappa shape index (κ3) is 8.73. The lowest BCUT2D eigenvalue weighted by molar-refractivity contribution is -0.124. The molecule has 23 heavy (non-hydrogen) atoms. The van der Waals surface area contributed by atoms with Gasteiger partial charge in [0.05, 0.1) is 0 Å². The van der Waals surface area contributed by atoms with E-state index in [9.17, 15) is 4.79 Å². The van der Waals surface area contributed by atoms with Gasteiger partial charge >= 0.3 is 0 Å². The van der Waals surface area contributed by atoms with Crippen molar-refractivity contribution in [2.45, 2.75) is 26.2 Å². The van der Waals surface area contributed by atoms with Crippen molar-refractivity contribution >= 4 is 11.7 Å². The molecule has 0 radical (unpaired) electrons. The first kappa shape index (κ1) is 18.8. The fourth-order valence-corrected chi connectivity index (χ4v) is 2.14. The van der Waals surface area contributed by atoms with Gasteiger partial charge in [-0.05, 0) is 51.4 Å². The van der Waals surface area contributed by atoms with Crippen LogP contribution < -0.4 is 10.6 Å². The van der Waals surface area contributed by atoms with Crippen LogP contribution in [0.4, 0.5) is 0 Å². The summed E-state index contributed by atoms with van der Waals surface area (Å²) in [6, 6.07) is 0. The Balaban J connectivity index is 2.62. The lowest BCUT2D eigenvalue weighted by atomic mass is 9.97. The molecule has 0 unspecified atom stereocenters. The summed E-state index contributed by atoms with van der Waals surface area (Å²) >= 11 is 0. The molecule has 1 aliphatic rings. The average Bonchev–Trinajstić information content (AvgIpc) is 2.58. The first-order chi connectivity index (χ1) is 11.3. The Hall–Kier alpha value is -2.20. The molecule has 1 fully saturated rings. The van der Waals surface area contributed by atoms with Gasteiger partial charge in [0.25, 0.3) is 0 Å². The largest absolute Gasteiger partial charge is 0.317 e. The molecule has 0 spiro atoms. The molecule has 1 saturated heterocycles. The van der Waals surface area contributed by atoms with Gasteiger partial charge < -0.3 is 10.6 Å². The molecular formula is C19H27N3O. The summed E-state index contributed by atoms with van der Waals surface area (Å²) in [6.07, 6.45) is 19.4. The van der Waals surface area contributed by atoms with Crippen molar-refractivity contribution in [3.63, 3.8) is 0 Å². The zero-order valence-corrected chi connectivity index (χ0v) is 13.9. The normalized spacial score (nSPS) is 17.7. The Morgan fingerprint density at radius 1 is 1.26 bits per heavy atom. The lowest BCUT2D eigenvalue weighted by Gasteiger charge is -2.21. The Kier molecular flexibility index (Phi) is 10.1. The van der Waals surface area contributed by atoms with E-state index in [1.807, 2.05) is 43.4 Å². The van der Waals surface area contributed by atoms with E-state index in [0.29, 0.717) is 5.84 Å².